The zero-order chi connectivity index (χ0) is 7.82. The van der Waals surface area contributed by atoms with Crippen LogP contribution in [0.3, 0.4) is 0 Å². The minimum atomic E-state index is 0.268. The first-order chi connectivity index (χ1) is 4.85. The van der Waals surface area contributed by atoms with Gasteiger partial charge in [0, 0.05) is 9.52 Å². The molecule has 0 N–H and O–H groups in total. The van der Waals surface area contributed by atoms with Gasteiger partial charge in [0.05, 0.1) is 0 Å². The Hall–Kier alpha value is 0.177. The highest BCUT2D eigenvalue weighted by Crippen LogP contribution is 1.89. The Balaban J connectivity index is 3.09. The minimum Gasteiger partial charge on any atom is -0.307 e. The van der Waals surface area contributed by atoms with E-state index in [1.54, 1.807) is 0 Å². The summed E-state index contributed by atoms with van der Waals surface area (Å²) in [5, 5.41) is 0. The highest BCUT2D eigenvalue weighted by molar-refractivity contribution is 6.35. The zero-order valence-corrected chi connectivity index (χ0v) is 9.10. The second-order valence-corrected chi connectivity index (χ2v) is 4.60. The monoisotopic (exact) mass is 159 g/mol. The maximum absolute atomic E-state index is 2.54. The van der Waals surface area contributed by atoms with Crippen LogP contribution in [0.2, 0.25) is 6.04 Å². The van der Waals surface area contributed by atoms with Crippen molar-refractivity contribution in [2.75, 3.05) is 19.3 Å². The molecule has 0 aliphatic rings. The lowest BCUT2D eigenvalue weighted by Crippen LogP contribution is -2.27. The fraction of sp³-hybridized carbons (Fsp3) is 1.00. The Labute approximate surface area is 67.6 Å². The third-order valence-electron chi connectivity index (χ3n) is 1.97. The molecule has 0 bridgehead atoms. The summed E-state index contributed by atoms with van der Waals surface area (Å²) in [7, 11) is 0.268. The van der Waals surface area contributed by atoms with Gasteiger partial charge in [-0.1, -0.05) is 33.2 Å². The molecule has 0 heterocycles. The topological polar surface area (TPSA) is 3.24 Å². The molecule has 2 heteroatoms. The van der Waals surface area contributed by atoms with Crippen molar-refractivity contribution in [2.24, 2.45) is 0 Å². The molecular formula is C8H21NSi. The average Bonchev–Trinajstić information content (AvgIpc) is 1.99. The molecule has 1 nitrogen and oxygen atoms in total. The number of hydrogen-bond acceptors (Lipinski definition) is 1. The normalized spacial score (nSPS) is 12.0. The molecule has 0 spiro atoms. The Morgan fingerprint density at radius 2 is 1.70 bits per heavy atom. The molecule has 0 saturated carbocycles. The molecule has 0 aliphatic carbocycles. The minimum absolute atomic E-state index is 0.268. The van der Waals surface area contributed by atoms with Gasteiger partial charge in [-0.05, 0) is 19.3 Å². The summed E-state index contributed by atoms with van der Waals surface area (Å²) in [6, 6.07) is 1.52. The average molecular weight is 159 g/mol. The van der Waals surface area contributed by atoms with E-state index in [1.165, 1.54) is 31.7 Å². The first-order valence-electron chi connectivity index (χ1n) is 4.57. The lowest BCUT2D eigenvalue weighted by molar-refractivity contribution is 0.352. The summed E-state index contributed by atoms with van der Waals surface area (Å²) >= 11 is 0. The van der Waals surface area contributed by atoms with Crippen LogP contribution in [0.5, 0.6) is 0 Å². The van der Waals surface area contributed by atoms with Crippen LogP contribution in [0.4, 0.5) is 0 Å². The summed E-state index contributed by atoms with van der Waals surface area (Å²) in [5.41, 5.74) is 0. The summed E-state index contributed by atoms with van der Waals surface area (Å²) in [5.74, 6) is 0. The fourth-order valence-corrected chi connectivity index (χ4v) is 2.93. The number of nitrogens with zero attached hydrogens (tertiary/aromatic N) is 1. The van der Waals surface area contributed by atoms with Crippen molar-refractivity contribution in [3.05, 3.63) is 0 Å². The smallest absolute Gasteiger partial charge is 0.0368 e. The van der Waals surface area contributed by atoms with E-state index < -0.39 is 0 Å². The largest absolute Gasteiger partial charge is 0.307 e. The van der Waals surface area contributed by atoms with E-state index in [1.807, 2.05) is 0 Å². The van der Waals surface area contributed by atoms with Crippen molar-refractivity contribution >= 4 is 9.52 Å². The molecule has 0 aromatic rings. The molecular weight excluding hydrogens is 138 g/mol. The standard InChI is InChI=1S/C8H21NSi/c1-4-7-10-8-9(5-2)6-3/h4-8,10H2,1-3H3. The van der Waals surface area contributed by atoms with Gasteiger partial charge in [0.2, 0.25) is 0 Å². The summed E-state index contributed by atoms with van der Waals surface area (Å²) < 4.78 is 0. The summed E-state index contributed by atoms with van der Waals surface area (Å²) in [6.45, 7) is 9.28. The molecule has 0 aromatic heterocycles. The first-order valence-corrected chi connectivity index (χ1v) is 6.57. The summed E-state index contributed by atoms with van der Waals surface area (Å²) in [4.78, 5) is 2.54. The quantitative estimate of drug-likeness (QED) is 0.417. The van der Waals surface area contributed by atoms with E-state index in [4.69, 9.17) is 0 Å². The number of rotatable bonds is 6. The molecule has 0 aliphatic heterocycles. The van der Waals surface area contributed by atoms with Gasteiger partial charge in [0.25, 0.3) is 0 Å². The molecule has 0 radical (unpaired) electrons. The molecule has 0 aromatic carbocycles. The third kappa shape index (κ3) is 5.00. The van der Waals surface area contributed by atoms with Crippen molar-refractivity contribution in [3.8, 4) is 0 Å². The molecule has 0 amide bonds. The molecule has 62 valence electrons. The Kier molecular flexibility index (Phi) is 7.41. The van der Waals surface area contributed by atoms with E-state index in [0.29, 0.717) is 0 Å². The van der Waals surface area contributed by atoms with Gasteiger partial charge < -0.3 is 4.90 Å². The van der Waals surface area contributed by atoms with Crippen LogP contribution < -0.4 is 0 Å². The van der Waals surface area contributed by atoms with Crippen molar-refractivity contribution in [2.45, 2.75) is 33.2 Å². The highest BCUT2D eigenvalue weighted by atomic mass is 28.2. The van der Waals surface area contributed by atoms with E-state index in [-0.39, 0.29) is 9.52 Å². The van der Waals surface area contributed by atoms with Gasteiger partial charge in [-0.3, -0.25) is 0 Å². The van der Waals surface area contributed by atoms with Gasteiger partial charge in [-0.15, -0.1) is 0 Å². The molecule has 0 rings (SSSR count). The molecule has 0 fully saturated rings. The van der Waals surface area contributed by atoms with E-state index in [9.17, 15) is 0 Å². The van der Waals surface area contributed by atoms with Gasteiger partial charge in [-0.25, -0.2) is 0 Å². The van der Waals surface area contributed by atoms with Crippen LogP contribution in [-0.2, 0) is 0 Å². The maximum Gasteiger partial charge on any atom is 0.0368 e. The molecule has 0 saturated heterocycles. The van der Waals surface area contributed by atoms with Gasteiger partial charge in [0.15, 0.2) is 0 Å². The predicted molar refractivity (Wildman–Crippen MR) is 51.4 cm³/mol. The fourth-order valence-electron chi connectivity index (χ4n) is 1.13. The highest BCUT2D eigenvalue weighted by Gasteiger charge is 1.96. The van der Waals surface area contributed by atoms with Crippen LogP contribution in [0, 0.1) is 0 Å². The Morgan fingerprint density at radius 3 is 2.10 bits per heavy atom. The maximum atomic E-state index is 2.54. The molecule has 0 atom stereocenters. The third-order valence-corrected chi connectivity index (χ3v) is 4.13. The molecule has 0 unspecified atom stereocenters. The Morgan fingerprint density at radius 1 is 1.10 bits per heavy atom. The van der Waals surface area contributed by atoms with Crippen molar-refractivity contribution < 1.29 is 0 Å². The lowest BCUT2D eigenvalue weighted by Gasteiger charge is -2.16. The second-order valence-electron chi connectivity index (χ2n) is 2.73. The van der Waals surface area contributed by atoms with Crippen LogP contribution in [0.1, 0.15) is 27.2 Å². The zero-order valence-electron chi connectivity index (χ0n) is 7.69. The summed E-state index contributed by atoms with van der Waals surface area (Å²) in [6.07, 6.45) is 2.83. The number of hydrogen-bond donors (Lipinski definition) is 0. The van der Waals surface area contributed by atoms with Crippen molar-refractivity contribution in [3.63, 3.8) is 0 Å². The lowest BCUT2D eigenvalue weighted by atomic mass is 10.6. The van der Waals surface area contributed by atoms with Crippen LogP contribution >= 0.6 is 0 Å². The van der Waals surface area contributed by atoms with E-state index in [2.05, 4.69) is 25.7 Å². The van der Waals surface area contributed by atoms with Gasteiger partial charge in [-0.2, -0.15) is 0 Å². The first kappa shape index (κ1) is 10.2. The van der Waals surface area contributed by atoms with Gasteiger partial charge in [0.1, 0.15) is 0 Å². The molecule has 10 heavy (non-hydrogen) atoms. The SMILES string of the molecule is CCC[SiH2]CN(CC)CC. The van der Waals surface area contributed by atoms with Crippen LogP contribution in [0.25, 0.3) is 0 Å². The predicted octanol–water partition coefficient (Wildman–Crippen LogP) is 1.28. The van der Waals surface area contributed by atoms with Crippen LogP contribution in [-0.4, -0.2) is 33.7 Å². The van der Waals surface area contributed by atoms with Gasteiger partial charge >= 0.3 is 0 Å². The van der Waals surface area contributed by atoms with Crippen molar-refractivity contribution in [1.29, 1.82) is 0 Å². The van der Waals surface area contributed by atoms with Crippen LogP contribution in [0.15, 0.2) is 0 Å². The van der Waals surface area contributed by atoms with E-state index >= 15 is 0 Å². The van der Waals surface area contributed by atoms with E-state index in [0.717, 1.165) is 0 Å². The Bertz CT molecular complexity index is 62.3. The second kappa shape index (κ2) is 7.29. The van der Waals surface area contributed by atoms with Crippen molar-refractivity contribution in [1.82, 2.24) is 4.90 Å².